The van der Waals surface area contributed by atoms with Crippen LogP contribution in [0.5, 0.6) is 0 Å². The van der Waals surface area contributed by atoms with Crippen LogP contribution < -0.4 is 16.1 Å². The lowest BCUT2D eigenvalue weighted by Gasteiger charge is -2.32. The highest BCUT2D eigenvalue weighted by molar-refractivity contribution is 6.09. The fraction of sp³-hybridized carbons (Fsp3) is 0.300. The van der Waals surface area contributed by atoms with Gasteiger partial charge in [-0.3, -0.25) is 19.4 Å². The number of benzene rings is 1. The average molecular weight is 383 g/mol. The number of nitrogens with zero attached hydrogens (tertiary/aromatic N) is 1. The van der Waals surface area contributed by atoms with E-state index in [-0.39, 0.29) is 30.1 Å². The first kappa shape index (κ1) is 19.3. The molecule has 3 rings (SSSR count). The molecule has 1 aromatic carbocycles. The number of anilines is 1. The third-order valence-electron chi connectivity index (χ3n) is 4.37. The Kier molecular flexibility index (Phi) is 5.04. The maximum Gasteiger partial charge on any atom is 0.325 e. The number of carbonyl (C=O) groups is 2. The van der Waals surface area contributed by atoms with E-state index in [0.29, 0.717) is 5.69 Å². The normalized spacial score (nSPS) is 15.5. The van der Waals surface area contributed by atoms with Crippen molar-refractivity contribution in [1.29, 1.82) is 0 Å². The molecule has 1 aliphatic heterocycles. The molecule has 28 heavy (non-hydrogen) atoms. The molecule has 2 N–H and O–H groups in total. The number of hydrogen-bond acceptors (Lipinski definition) is 5. The molecule has 2 aromatic rings. The Morgan fingerprint density at radius 3 is 2.57 bits per heavy atom. The van der Waals surface area contributed by atoms with Gasteiger partial charge in [-0.2, -0.15) is 0 Å². The van der Waals surface area contributed by atoms with E-state index in [1.807, 2.05) is 19.1 Å². The third-order valence-corrected chi connectivity index (χ3v) is 4.37. The topological polar surface area (TPSA) is 112 Å². The number of para-hydroxylation sites is 1. The summed E-state index contributed by atoms with van der Waals surface area (Å²) in [6.07, 6.45) is 2.63. The van der Waals surface area contributed by atoms with E-state index >= 15 is 0 Å². The predicted octanol–water partition coefficient (Wildman–Crippen LogP) is 1.56. The molecular formula is C20H21N3O5. The Bertz CT molecular complexity index is 1080. The summed E-state index contributed by atoms with van der Waals surface area (Å²) in [6, 6.07) is 7.17. The Morgan fingerprint density at radius 2 is 1.93 bits per heavy atom. The first-order chi connectivity index (χ1) is 13.2. The highest BCUT2D eigenvalue weighted by atomic mass is 16.5. The number of ketones is 1. The average Bonchev–Trinajstić information content (AvgIpc) is 2.60. The van der Waals surface area contributed by atoms with Gasteiger partial charge < -0.3 is 14.6 Å². The van der Waals surface area contributed by atoms with Crippen LogP contribution in [0.4, 0.5) is 5.69 Å². The predicted molar refractivity (Wildman–Crippen MR) is 103 cm³/mol. The Morgan fingerprint density at radius 1 is 1.21 bits per heavy atom. The molecule has 0 aliphatic carbocycles. The molecule has 1 amide bonds. The SMILES string of the molecule is Cc1ccccc1N(Cc1c[nH]c(=O)[nH]c1=O)C(=O)C1=CC(=O)CC(C)(C)O1. The molecule has 1 aromatic heterocycles. The van der Waals surface area contributed by atoms with Gasteiger partial charge in [-0.25, -0.2) is 4.79 Å². The molecular weight excluding hydrogens is 362 g/mol. The first-order valence-corrected chi connectivity index (χ1v) is 8.78. The van der Waals surface area contributed by atoms with Gasteiger partial charge in [0, 0.05) is 24.4 Å². The van der Waals surface area contributed by atoms with Crippen LogP contribution in [0.2, 0.25) is 0 Å². The lowest BCUT2D eigenvalue weighted by Crippen LogP contribution is -2.40. The van der Waals surface area contributed by atoms with E-state index in [9.17, 15) is 19.2 Å². The molecule has 0 saturated heterocycles. The van der Waals surface area contributed by atoms with Crippen LogP contribution in [0.25, 0.3) is 0 Å². The third kappa shape index (κ3) is 4.11. The van der Waals surface area contributed by atoms with Gasteiger partial charge in [0.2, 0.25) is 0 Å². The van der Waals surface area contributed by atoms with Gasteiger partial charge in [0.25, 0.3) is 11.5 Å². The maximum atomic E-state index is 13.3. The van der Waals surface area contributed by atoms with E-state index in [1.165, 1.54) is 17.2 Å². The molecule has 0 unspecified atom stereocenters. The van der Waals surface area contributed by atoms with E-state index in [2.05, 4.69) is 9.97 Å². The Hall–Kier alpha value is -3.42. The summed E-state index contributed by atoms with van der Waals surface area (Å²) in [4.78, 5) is 54.6. The standard InChI is InChI=1S/C20H21N3O5/c1-12-6-4-5-7-15(12)23(11-13-10-21-19(27)22-17(13)25)18(26)16-8-14(24)9-20(2,3)28-16/h4-8,10H,9,11H2,1-3H3,(H2,21,22,25,27). The molecule has 0 bridgehead atoms. The smallest absolute Gasteiger partial charge is 0.325 e. The van der Waals surface area contributed by atoms with Crippen molar-refractivity contribution in [2.45, 2.75) is 39.3 Å². The minimum absolute atomic E-state index is 0.0784. The second kappa shape index (κ2) is 7.30. The Balaban J connectivity index is 2.05. The zero-order chi connectivity index (χ0) is 20.5. The van der Waals surface area contributed by atoms with Gasteiger partial charge in [0.15, 0.2) is 11.5 Å². The minimum Gasteiger partial charge on any atom is -0.481 e. The fourth-order valence-corrected chi connectivity index (χ4v) is 3.08. The van der Waals surface area contributed by atoms with E-state index in [1.54, 1.807) is 26.0 Å². The second-order valence-electron chi connectivity index (χ2n) is 7.29. The zero-order valence-corrected chi connectivity index (χ0v) is 15.9. The number of aryl methyl sites for hydroxylation is 1. The summed E-state index contributed by atoms with van der Waals surface area (Å²) in [6.45, 7) is 5.19. The number of amides is 1. The second-order valence-corrected chi connectivity index (χ2v) is 7.29. The quantitative estimate of drug-likeness (QED) is 0.832. The Labute approximate surface area is 160 Å². The van der Waals surface area contributed by atoms with Crippen molar-refractivity contribution in [2.24, 2.45) is 0 Å². The number of hydrogen-bond donors (Lipinski definition) is 2. The van der Waals surface area contributed by atoms with Crippen molar-refractivity contribution < 1.29 is 14.3 Å². The number of aromatic amines is 2. The summed E-state index contributed by atoms with van der Waals surface area (Å²) >= 11 is 0. The monoisotopic (exact) mass is 383 g/mol. The fourth-order valence-electron chi connectivity index (χ4n) is 3.08. The molecule has 0 fully saturated rings. The maximum absolute atomic E-state index is 13.3. The number of ether oxygens (including phenoxy) is 1. The van der Waals surface area contributed by atoms with Gasteiger partial charge in [-0.05, 0) is 32.4 Å². The molecule has 0 radical (unpaired) electrons. The molecule has 2 heterocycles. The van der Waals surface area contributed by atoms with E-state index in [4.69, 9.17) is 4.74 Å². The molecule has 1 aliphatic rings. The molecule has 0 atom stereocenters. The van der Waals surface area contributed by atoms with Gasteiger partial charge in [-0.1, -0.05) is 18.2 Å². The van der Waals surface area contributed by atoms with Gasteiger partial charge >= 0.3 is 5.69 Å². The van der Waals surface area contributed by atoms with Crippen LogP contribution in [0.15, 0.2) is 51.9 Å². The minimum atomic E-state index is -0.802. The molecule has 8 heteroatoms. The van der Waals surface area contributed by atoms with Crippen LogP contribution >= 0.6 is 0 Å². The van der Waals surface area contributed by atoms with Gasteiger partial charge in [0.05, 0.1) is 12.1 Å². The number of nitrogens with one attached hydrogen (secondary N) is 2. The van der Waals surface area contributed by atoms with E-state index < -0.39 is 22.8 Å². The van der Waals surface area contributed by atoms with Crippen molar-refractivity contribution in [3.05, 3.63) is 74.3 Å². The molecule has 146 valence electrons. The summed E-state index contributed by atoms with van der Waals surface area (Å²) in [7, 11) is 0. The number of aromatic nitrogens is 2. The number of H-pyrrole nitrogens is 2. The first-order valence-electron chi connectivity index (χ1n) is 8.78. The van der Waals surface area contributed by atoms with Crippen LogP contribution in [0.3, 0.4) is 0 Å². The van der Waals surface area contributed by atoms with Gasteiger partial charge in [0.1, 0.15) is 5.60 Å². The lowest BCUT2D eigenvalue weighted by molar-refractivity contribution is -0.129. The van der Waals surface area contributed by atoms with Crippen molar-refractivity contribution in [1.82, 2.24) is 9.97 Å². The van der Waals surface area contributed by atoms with Crippen LogP contribution in [0, 0.1) is 6.92 Å². The van der Waals surface area contributed by atoms with Crippen molar-refractivity contribution in [3.8, 4) is 0 Å². The number of allylic oxidation sites excluding steroid dienone is 1. The highest BCUT2D eigenvalue weighted by Crippen LogP contribution is 2.29. The summed E-state index contributed by atoms with van der Waals surface area (Å²) in [5.41, 5.74) is -0.461. The summed E-state index contributed by atoms with van der Waals surface area (Å²) < 4.78 is 5.74. The van der Waals surface area contributed by atoms with Crippen LogP contribution in [-0.2, 0) is 20.9 Å². The van der Waals surface area contributed by atoms with Crippen molar-refractivity contribution >= 4 is 17.4 Å². The summed E-state index contributed by atoms with van der Waals surface area (Å²) in [5, 5.41) is 0. The largest absolute Gasteiger partial charge is 0.481 e. The van der Waals surface area contributed by atoms with Gasteiger partial charge in [-0.15, -0.1) is 0 Å². The molecule has 0 spiro atoms. The summed E-state index contributed by atoms with van der Waals surface area (Å²) in [5.74, 6) is -0.822. The van der Waals surface area contributed by atoms with Crippen molar-refractivity contribution in [2.75, 3.05) is 4.90 Å². The highest BCUT2D eigenvalue weighted by Gasteiger charge is 2.34. The lowest BCUT2D eigenvalue weighted by atomic mass is 9.98. The zero-order valence-electron chi connectivity index (χ0n) is 15.9. The van der Waals surface area contributed by atoms with Crippen LogP contribution in [-0.4, -0.2) is 27.3 Å². The van der Waals surface area contributed by atoms with E-state index in [0.717, 1.165) is 5.56 Å². The number of rotatable bonds is 4. The van der Waals surface area contributed by atoms with Crippen LogP contribution in [0.1, 0.15) is 31.4 Å². The molecule has 8 nitrogen and oxygen atoms in total. The number of carbonyl (C=O) groups excluding carboxylic acids is 2. The van der Waals surface area contributed by atoms with Crippen molar-refractivity contribution in [3.63, 3.8) is 0 Å². The molecule has 0 saturated carbocycles.